The highest BCUT2D eigenvalue weighted by atomic mass is 35.5. The number of rotatable bonds is 1. The predicted octanol–water partition coefficient (Wildman–Crippen LogP) is 3.56. The van der Waals surface area contributed by atoms with Crippen LogP contribution in [0.15, 0.2) is 42.5 Å². The van der Waals surface area contributed by atoms with Crippen molar-refractivity contribution in [2.45, 2.75) is 6.18 Å². The first-order valence-electron chi connectivity index (χ1n) is 6.63. The summed E-state index contributed by atoms with van der Waals surface area (Å²) in [7, 11) is 0. The summed E-state index contributed by atoms with van der Waals surface area (Å²) in [6, 6.07) is 11.7. The highest BCUT2D eigenvalue weighted by Gasteiger charge is 2.45. The van der Waals surface area contributed by atoms with Gasteiger partial charge < -0.3 is 0 Å². The number of aromatic nitrogens is 3. The lowest BCUT2D eigenvalue weighted by Gasteiger charge is -2.02. The molecule has 4 aromatic rings. The minimum atomic E-state index is -5.00. The van der Waals surface area contributed by atoms with E-state index in [4.69, 9.17) is 11.6 Å². The second-order valence-corrected chi connectivity index (χ2v) is 5.47. The third-order valence-corrected chi connectivity index (χ3v) is 4.01. The van der Waals surface area contributed by atoms with E-state index in [0.29, 0.717) is 16.6 Å². The van der Waals surface area contributed by atoms with Crippen molar-refractivity contribution in [2.24, 2.45) is 0 Å². The van der Waals surface area contributed by atoms with Crippen LogP contribution in [-0.4, -0.2) is 21.7 Å². The average molecular weight is 339 g/mol. The molecule has 0 aliphatic carbocycles. The maximum absolute atomic E-state index is 13.0. The summed E-state index contributed by atoms with van der Waals surface area (Å²) < 4.78 is 41.7. The standard InChI is InChI=1S/C15H7ClF3N3O/c16-8-4-3-7-11-12(8)13(14(23)15(17,18)19)22-20-9-5-1-2-6-10(9)21(11)22/h1-7H/p+1. The van der Waals surface area contributed by atoms with Gasteiger partial charge >= 0.3 is 6.18 Å². The van der Waals surface area contributed by atoms with E-state index in [-0.39, 0.29) is 10.4 Å². The Kier molecular flexibility index (Phi) is 2.74. The molecule has 0 radical (unpaired) electrons. The average Bonchev–Trinajstić information content (AvgIpc) is 3.01. The van der Waals surface area contributed by atoms with Gasteiger partial charge in [0.1, 0.15) is 0 Å². The van der Waals surface area contributed by atoms with Gasteiger partial charge in [-0.15, -0.1) is 4.52 Å². The number of hydrogen-bond acceptors (Lipinski definition) is 1. The number of para-hydroxylation sites is 2. The van der Waals surface area contributed by atoms with Crippen molar-refractivity contribution in [2.75, 3.05) is 0 Å². The second kappa shape index (κ2) is 4.48. The lowest BCUT2D eigenvalue weighted by Crippen LogP contribution is -2.31. The SMILES string of the molecule is O=C(c1c2c(Cl)cccc2[n+]2c3ccccc3[nH]n12)C(F)(F)F. The van der Waals surface area contributed by atoms with E-state index in [1.165, 1.54) is 10.6 Å². The maximum atomic E-state index is 13.0. The fourth-order valence-corrected chi connectivity index (χ4v) is 3.05. The highest BCUT2D eigenvalue weighted by molar-refractivity contribution is 6.36. The molecule has 116 valence electrons. The van der Waals surface area contributed by atoms with Crippen LogP contribution in [0.3, 0.4) is 0 Å². The van der Waals surface area contributed by atoms with Gasteiger partial charge in [-0.3, -0.25) is 4.79 Å². The van der Waals surface area contributed by atoms with E-state index in [9.17, 15) is 18.0 Å². The molecule has 0 aliphatic heterocycles. The van der Waals surface area contributed by atoms with Gasteiger partial charge in [0.25, 0.3) is 5.78 Å². The molecule has 0 aliphatic rings. The van der Waals surface area contributed by atoms with Crippen molar-refractivity contribution in [1.29, 1.82) is 0 Å². The Hall–Kier alpha value is -2.54. The van der Waals surface area contributed by atoms with Crippen LogP contribution >= 0.6 is 11.6 Å². The second-order valence-electron chi connectivity index (χ2n) is 5.06. The Morgan fingerprint density at radius 1 is 1.09 bits per heavy atom. The van der Waals surface area contributed by atoms with E-state index >= 15 is 0 Å². The van der Waals surface area contributed by atoms with Gasteiger partial charge in [-0.2, -0.15) is 18.3 Å². The van der Waals surface area contributed by atoms with Crippen LogP contribution in [0.25, 0.3) is 21.9 Å². The molecule has 0 fully saturated rings. The van der Waals surface area contributed by atoms with Crippen LogP contribution in [0.2, 0.25) is 5.02 Å². The minimum Gasteiger partial charge on any atom is -0.282 e. The number of halogens is 4. The number of ketones is 1. The van der Waals surface area contributed by atoms with Gasteiger partial charge in [0, 0.05) is 0 Å². The smallest absolute Gasteiger partial charge is 0.282 e. The van der Waals surface area contributed by atoms with Crippen molar-refractivity contribution < 1.29 is 22.5 Å². The number of carbonyl (C=O) groups is 1. The molecule has 2 aromatic carbocycles. The zero-order valence-electron chi connectivity index (χ0n) is 11.4. The first kappa shape index (κ1) is 14.1. The van der Waals surface area contributed by atoms with Crippen LogP contribution in [0.1, 0.15) is 10.5 Å². The minimum absolute atomic E-state index is 0.0681. The zero-order chi connectivity index (χ0) is 16.4. The monoisotopic (exact) mass is 338 g/mol. The largest absolute Gasteiger partial charge is 0.456 e. The molecule has 0 unspecified atom stereocenters. The summed E-state index contributed by atoms with van der Waals surface area (Å²) in [4.78, 5) is 11.9. The summed E-state index contributed by atoms with van der Waals surface area (Å²) >= 11 is 6.08. The number of fused-ring (bicyclic) bond motifs is 5. The zero-order valence-corrected chi connectivity index (χ0v) is 12.1. The highest BCUT2D eigenvalue weighted by Crippen LogP contribution is 2.31. The first-order valence-corrected chi connectivity index (χ1v) is 7.00. The number of H-pyrrole nitrogens is 1. The molecule has 0 saturated heterocycles. The maximum Gasteiger partial charge on any atom is 0.456 e. The number of aromatic amines is 1. The van der Waals surface area contributed by atoms with Crippen LogP contribution in [-0.2, 0) is 0 Å². The van der Waals surface area contributed by atoms with Gasteiger partial charge in [-0.25, -0.2) is 0 Å². The Bertz CT molecular complexity index is 1090. The van der Waals surface area contributed by atoms with Gasteiger partial charge in [0.2, 0.25) is 5.52 Å². The molecule has 23 heavy (non-hydrogen) atoms. The van der Waals surface area contributed by atoms with E-state index in [1.54, 1.807) is 36.4 Å². The quantitative estimate of drug-likeness (QED) is 0.418. The van der Waals surface area contributed by atoms with Gasteiger partial charge in [-0.05, 0) is 28.9 Å². The molecule has 0 saturated carbocycles. The van der Waals surface area contributed by atoms with E-state index < -0.39 is 17.7 Å². The molecule has 0 spiro atoms. The lowest BCUT2D eigenvalue weighted by molar-refractivity contribution is -0.566. The van der Waals surface area contributed by atoms with Gasteiger partial charge in [-0.1, -0.05) is 29.8 Å². The number of alkyl halides is 3. The van der Waals surface area contributed by atoms with Crippen molar-refractivity contribution in [1.82, 2.24) is 9.73 Å². The molecular formula is C15H8ClF3N3O+. The van der Waals surface area contributed by atoms with Crippen molar-refractivity contribution in [3.05, 3.63) is 53.2 Å². The molecule has 4 nitrogen and oxygen atoms in total. The normalized spacial score (nSPS) is 12.5. The van der Waals surface area contributed by atoms with E-state index in [2.05, 4.69) is 5.10 Å². The van der Waals surface area contributed by atoms with Crippen LogP contribution in [0.4, 0.5) is 13.2 Å². The van der Waals surface area contributed by atoms with Crippen LogP contribution in [0.5, 0.6) is 0 Å². The third-order valence-electron chi connectivity index (χ3n) is 3.70. The molecule has 0 amide bonds. The lowest BCUT2D eigenvalue weighted by atomic mass is 10.1. The van der Waals surface area contributed by atoms with Crippen molar-refractivity contribution in [3.8, 4) is 0 Å². The topological polar surface area (TPSA) is 41.4 Å². The predicted molar refractivity (Wildman–Crippen MR) is 77.8 cm³/mol. The summed E-state index contributed by atoms with van der Waals surface area (Å²) in [5.41, 5.74) is 1.13. The summed E-state index contributed by atoms with van der Waals surface area (Å²) in [6.45, 7) is 0. The number of carbonyl (C=O) groups excluding carboxylic acids is 1. The number of nitrogens with zero attached hydrogens (tertiary/aromatic N) is 2. The molecular weight excluding hydrogens is 331 g/mol. The van der Waals surface area contributed by atoms with Crippen molar-refractivity contribution >= 4 is 39.3 Å². The van der Waals surface area contributed by atoms with Crippen molar-refractivity contribution in [3.63, 3.8) is 0 Å². The van der Waals surface area contributed by atoms with Crippen LogP contribution < -0.4 is 4.52 Å². The van der Waals surface area contributed by atoms with E-state index in [1.807, 2.05) is 0 Å². The summed E-state index contributed by atoms with van der Waals surface area (Å²) in [5.74, 6) is -1.95. The summed E-state index contributed by atoms with van der Waals surface area (Å²) in [5, 5.41) is 2.97. The number of Topliss-reactive ketones (excluding diaryl/α,β-unsaturated/α-hetero) is 1. The molecule has 2 aromatic heterocycles. The Labute approximate surface area is 131 Å². The Balaban J connectivity index is 2.28. The Morgan fingerprint density at radius 2 is 1.78 bits per heavy atom. The fraction of sp³-hybridized carbons (Fsp3) is 0.0667. The molecule has 0 atom stereocenters. The molecule has 2 heterocycles. The number of nitrogens with one attached hydrogen (secondary N) is 1. The summed E-state index contributed by atoms with van der Waals surface area (Å²) in [6.07, 6.45) is -5.00. The van der Waals surface area contributed by atoms with Crippen LogP contribution in [0, 0.1) is 0 Å². The molecule has 4 rings (SSSR count). The fourth-order valence-electron chi connectivity index (χ4n) is 2.79. The number of benzene rings is 2. The van der Waals surface area contributed by atoms with Gasteiger partial charge in [0.05, 0.1) is 10.4 Å². The third kappa shape index (κ3) is 1.86. The molecule has 8 heteroatoms. The van der Waals surface area contributed by atoms with E-state index in [0.717, 1.165) is 4.63 Å². The van der Waals surface area contributed by atoms with Gasteiger partial charge in [0.15, 0.2) is 16.7 Å². The Morgan fingerprint density at radius 3 is 2.52 bits per heavy atom. The number of hydrogen-bond donors (Lipinski definition) is 1. The molecule has 1 N–H and O–H groups in total. The first-order chi connectivity index (χ1) is 10.9. The molecule has 0 bridgehead atoms.